The number of hydrogen-bond donors (Lipinski definition) is 0. The molecule has 2 aromatic rings. The Bertz CT molecular complexity index is 592. The highest BCUT2D eigenvalue weighted by Gasteiger charge is 2.22. The van der Waals surface area contributed by atoms with Gasteiger partial charge in [0.15, 0.2) is 0 Å². The molecule has 3 rings (SSSR count). The molecular formula is C21H27N. The van der Waals surface area contributed by atoms with Gasteiger partial charge in [-0.15, -0.1) is 0 Å². The van der Waals surface area contributed by atoms with Crippen molar-refractivity contribution in [3.63, 3.8) is 0 Å². The van der Waals surface area contributed by atoms with E-state index in [0.717, 1.165) is 24.0 Å². The molecule has 0 N–H and O–H groups in total. The number of pyridine rings is 1. The number of aryl methyl sites for hydroxylation is 3. The molecule has 1 fully saturated rings. The second kappa shape index (κ2) is 7.09. The number of aromatic nitrogens is 1. The fraction of sp³-hybridized carbons (Fsp3) is 0.476. The number of nitrogens with zero attached hydrogens (tertiary/aromatic N) is 1. The maximum absolute atomic E-state index is 4.63. The van der Waals surface area contributed by atoms with Crippen molar-refractivity contribution in [2.75, 3.05) is 0 Å². The first-order valence-electron chi connectivity index (χ1n) is 8.70. The van der Waals surface area contributed by atoms with Gasteiger partial charge in [0.05, 0.1) is 0 Å². The van der Waals surface area contributed by atoms with Gasteiger partial charge in [-0.25, -0.2) is 0 Å². The van der Waals surface area contributed by atoms with E-state index in [-0.39, 0.29) is 0 Å². The lowest BCUT2D eigenvalue weighted by Crippen LogP contribution is -2.14. The summed E-state index contributed by atoms with van der Waals surface area (Å²) in [5.41, 5.74) is 5.31. The van der Waals surface area contributed by atoms with Crippen LogP contribution in [0, 0.1) is 19.8 Å². The van der Waals surface area contributed by atoms with Gasteiger partial charge in [-0.1, -0.05) is 35.9 Å². The normalized spacial score (nSPS) is 21.7. The van der Waals surface area contributed by atoms with Crippen molar-refractivity contribution in [2.24, 2.45) is 5.92 Å². The first kappa shape index (κ1) is 15.3. The van der Waals surface area contributed by atoms with Crippen molar-refractivity contribution in [1.82, 2.24) is 4.98 Å². The van der Waals surface area contributed by atoms with Crippen LogP contribution in [0.2, 0.25) is 0 Å². The SMILES string of the molecule is Cc1ccc(C2CCC(CCc3cccc(C)n3)CC2)cc1. The minimum absolute atomic E-state index is 0.786. The maximum atomic E-state index is 4.63. The Morgan fingerprint density at radius 3 is 2.32 bits per heavy atom. The van der Waals surface area contributed by atoms with Crippen LogP contribution in [0.4, 0.5) is 0 Å². The number of benzene rings is 1. The van der Waals surface area contributed by atoms with E-state index >= 15 is 0 Å². The van der Waals surface area contributed by atoms with Crippen molar-refractivity contribution in [1.29, 1.82) is 0 Å². The van der Waals surface area contributed by atoms with E-state index < -0.39 is 0 Å². The topological polar surface area (TPSA) is 12.9 Å². The van der Waals surface area contributed by atoms with Crippen LogP contribution in [0.5, 0.6) is 0 Å². The highest BCUT2D eigenvalue weighted by molar-refractivity contribution is 5.24. The summed E-state index contributed by atoms with van der Waals surface area (Å²) in [6, 6.07) is 15.6. The van der Waals surface area contributed by atoms with Crippen molar-refractivity contribution in [3.8, 4) is 0 Å². The zero-order chi connectivity index (χ0) is 15.4. The van der Waals surface area contributed by atoms with Crippen LogP contribution in [0.25, 0.3) is 0 Å². The van der Waals surface area contributed by atoms with Crippen LogP contribution in [-0.2, 0) is 6.42 Å². The molecule has 0 unspecified atom stereocenters. The Hall–Kier alpha value is -1.63. The number of hydrogen-bond acceptors (Lipinski definition) is 1. The Morgan fingerprint density at radius 1 is 0.909 bits per heavy atom. The average molecular weight is 293 g/mol. The molecular weight excluding hydrogens is 266 g/mol. The largest absolute Gasteiger partial charge is 0.258 e. The van der Waals surface area contributed by atoms with Gasteiger partial charge in [-0.05, 0) is 81.9 Å². The summed E-state index contributed by atoms with van der Waals surface area (Å²) in [6.45, 7) is 4.25. The minimum Gasteiger partial charge on any atom is -0.258 e. The molecule has 1 aliphatic carbocycles. The molecule has 1 nitrogen and oxygen atoms in total. The quantitative estimate of drug-likeness (QED) is 0.714. The van der Waals surface area contributed by atoms with E-state index in [2.05, 4.69) is 61.3 Å². The third kappa shape index (κ3) is 3.97. The van der Waals surface area contributed by atoms with Crippen molar-refractivity contribution in [2.45, 2.75) is 58.3 Å². The van der Waals surface area contributed by atoms with E-state index in [1.54, 1.807) is 5.56 Å². The molecule has 1 heterocycles. The van der Waals surface area contributed by atoms with Crippen LogP contribution in [0.3, 0.4) is 0 Å². The van der Waals surface area contributed by atoms with Gasteiger partial charge in [0.1, 0.15) is 0 Å². The van der Waals surface area contributed by atoms with Crippen molar-refractivity contribution >= 4 is 0 Å². The van der Waals surface area contributed by atoms with Gasteiger partial charge >= 0.3 is 0 Å². The Labute approximate surface area is 134 Å². The third-order valence-corrected chi connectivity index (χ3v) is 5.15. The summed E-state index contributed by atoms with van der Waals surface area (Å²) in [5.74, 6) is 1.68. The average Bonchev–Trinajstić information content (AvgIpc) is 2.54. The fourth-order valence-electron chi connectivity index (χ4n) is 3.71. The molecule has 1 aromatic carbocycles. The lowest BCUT2D eigenvalue weighted by molar-refractivity contribution is 0.310. The third-order valence-electron chi connectivity index (χ3n) is 5.15. The summed E-state index contributed by atoms with van der Waals surface area (Å²) >= 11 is 0. The van der Waals surface area contributed by atoms with E-state index in [1.807, 2.05) is 0 Å². The van der Waals surface area contributed by atoms with Crippen LogP contribution in [0.1, 0.15) is 60.5 Å². The molecule has 0 atom stereocenters. The van der Waals surface area contributed by atoms with Crippen molar-refractivity contribution < 1.29 is 0 Å². The second-order valence-corrected chi connectivity index (χ2v) is 6.94. The second-order valence-electron chi connectivity index (χ2n) is 6.94. The van der Waals surface area contributed by atoms with E-state index in [9.17, 15) is 0 Å². The van der Waals surface area contributed by atoms with Gasteiger partial charge in [-0.2, -0.15) is 0 Å². The predicted octanol–water partition coefficient (Wildman–Crippen LogP) is 5.61. The van der Waals surface area contributed by atoms with E-state index in [1.165, 1.54) is 43.4 Å². The Morgan fingerprint density at radius 2 is 1.64 bits per heavy atom. The molecule has 1 saturated carbocycles. The van der Waals surface area contributed by atoms with Crippen molar-refractivity contribution in [3.05, 3.63) is 65.0 Å². The molecule has 0 radical (unpaired) electrons. The summed E-state index contributed by atoms with van der Waals surface area (Å²) in [5, 5.41) is 0. The van der Waals surface area contributed by atoms with Gasteiger partial charge in [0.2, 0.25) is 0 Å². The molecule has 1 aromatic heterocycles. The van der Waals surface area contributed by atoms with E-state index in [0.29, 0.717) is 0 Å². The molecule has 1 heteroatoms. The monoisotopic (exact) mass is 293 g/mol. The zero-order valence-corrected chi connectivity index (χ0v) is 13.9. The molecule has 1 aliphatic rings. The lowest BCUT2D eigenvalue weighted by Gasteiger charge is -2.29. The molecule has 0 amide bonds. The molecule has 0 spiro atoms. The van der Waals surface area contributed by atoms with Gasteiger partial charge in [0.25, 0.3) is 0 Å². The summed E-state index contributed by atoms with van der Waals surface area (Å²) in [7, 11) is 0. The lowest BCUT2D eigenvalue weighted by atomic mass is 9.77. The van der Waals surface area contributed by atoms with Gasteiger partial charge < -0.3 is 0 Å². The van der Waals surface area contributed by atoms with Crippen LogP contribution >= 0.6 is 0 Å². The zero-order valence-electron chi connectivity index (χ0n) is 13.9. The Balaban J connectivity index is 1.48. The smallest absolute Gasteiger partial charge is 0.0406 e. The maximum Gasteiger partial charge on any atom is 0.0406 e. The first-order valence-corrected chi connectivity index (χ1v) is 8.70. The molecule has 0 aliphatic heterocycles. The highest BCUT2D eigenvalue weighted by Crippen LogP contribution is 2.37. The molecule has 0 saturated heterocycles. The minimum atomic E-state index is 0.786. The fourth-order valence-corrected chi connectivity index (χ4v) is 3.71. The number of rotatable bonds is 4. The van der Waals surface area contributed by atoms with E-state index in [4.69, 9.17) is 0 Å². The first-order chi connectivity index (χ1) is 10.7. The Kier molecular flexibility index (Phi) is 4.92. The molecule has 22 heavy (non-hydrogen) atoms. The highest BCUT2D eigenvalue weighted by atomic mass is 14.7. The predicted molar refractivity (Wildman–Crippen MR) is 93.2 cm³/mol. The van der Waals surface area contributed by atoms with Gasteiger partial charge in [0, 0.05) is 11.4 Å². The van der Waals surface area contributed by atoms with Crippen LogP contribution in [0.15, 0.2) is 42.5 Å². The summed E-state index contributed by atoms with van der Waals surface area (Å²) in [6.07, 6.45) is 7.91. The van der Waals surface area contributed by atoms with Crippen LogP contribution in [-0.4, -0.2) is 4.98 Å². The summed E-state index contributed by atoms with van der Waals surface area (Å²) in [4.78, 5) is 4.63. The molecule has 116 valence electrons. The van der Waals surface area contributed by atoms with Crippen LogP contribution < -0.4 is 0 Å². The standard InChI is InChI=1S/C21H27N/c1-16-6-11-19(12-7-16)20-13-8-18(9-14-20)10-15-21-5-3-4-17(2)22-21/h3-7,11-12,18,20H,8-10,13-15H2,1-2H3. The van der Waals surface area contributed by atoms with Gasteiger partial charge in [-0.3, -0.25) is 4.98 Å². The summed E-state index contributed by atoms with van der Waals surface area (Å²) < 4.78 is 0. The molecule has 0 bridgehead atoms.